The predicted molar refractivity (Wildman–Crippen MR) is 115 cm³/mol. The maximum Gasteiger partial charge on any atom is 0.231 e. The SMILES string of the molecule is C.C.C.C.C.C.CCCCCCCCCCCC.N=C=O.N=C=O. The van der Waals surface area contributed by atoms with Crippen molar-refractivity contribution in [1.29, 1.82) is 10.8 Å². The lowest BCUT2D eigenvalue weighted by atomic mass is 10.1. The van der Waals surface area contributed by atoms with Gasteiger partial charge in [-0.25, -0.2) is 20.4 Å². The molecule has 0 atom stereocenters. The number of nitrogens with one attached hydrogen (secondary N) is 2. The third kappa shape index (κ3) is 135. The van der Waals surface area contributed by atoms with Crippen LogP contribution in [0.5, 0.6) is 0 Å². The molecule has 0 aromatic carbocycles. The molecule has 0 saturated carbocycles. The van der Waals surface area contributed by atoms with Gasteiger partial charge < -0.3 is 0 Å². The summed E-state index contributed by atoms with van der Waals surface area (Å²) in [5.74, 6) is 0. The van der Waals surface area contributed by atoms with Gasteiger partial charge in [0.05, 0.1) is 0 Å². The van der Waals surface area contributed by atoms with Crippen LogP contribution in [0.2, 0.25) is 0 Å². The summed E-state index contributed by atoms with van der Waals surface area (Å²) >= 11 is 0. The first-order chi connectivity index (χ1) is 8.74. The van der Waals surface area contributed by atoms with Crippen molar-refractivity contribution in [1.82, 2.24) is 0 Å². The van der Waals surface area contributed by atoms with Gasteiger partial charge in [-0.2, -0.15) is 0 Å². The molecule has 0 radical (unpaired) electrons. The van der Waals surface area contributed by atoms with Crippen LogP contribution in [0.1, 0.15) is 123 Å². The first-order valence-corrected chi connectivity index (χ1v) is 6.82. The maximum atomic E-state index is 8.35. The van der Waals surface area contributed by atoms with E-state index < -0.39 is 0 Å². The molecule has 0 saturated heterocycles. The Morgan fingerprint density at radius 2 is 0.625 bits per heavy atom. The molecule has 4 heteroatoms. The van der Waals surface area contributed by atoms with Crippen LogP contribution in [0, 0.1) is 10.8 Å². The van der Waals surface area contributed by atoms with Crippen molar-refractivity contribution >= 4 is 12.2 Å². The van der Waals surface area contributed by atoms with Crippen molar-refractivity contribution in [3.63, 3.8) is 0 Å². The molecule has 24 heavy (non-hydrogen) atoms. The number of rotatable bonds is 9. The molecule has 0 aliphatic heterocycles. The van der Waals surface area contributed by atoms with Crippen LogP contribution in [-0.2, 0) is 9.59 Å². The van der Waals surface area contributed by atoms with E-state index in [1.807, 2.05) is 0 Å². The zero-order valence-electron chi connectivity index (χ0n) is 11.9. The first kappa shape index (κ1) is 56.9. The van der Waals surface area contributed by atoms with E-state index >= 15 is 0 Å². The van der Waals surface area contributed by atoms with Crippen molar-refractivity contribution in [3.8, 4) is 0 Å². The van der Waals surface area contributed by atoms with E-state index in [1.54, 1.807) is 0 Å². The van der Waals surface area contributed by atoms with E-state index in [0.717, 1.165) is 12.2 Å². The minimum absolute atomic E-state index is 0. The quantitative estimate of drug-likeness (QED) is 0.247. The summed E-state index contributed by atoms with van der Waals surface area (Å²) in [6.07, 6.45) is 15.9. The molecular formula is C20H52N2O2. The van der Waals surface area contributed by atoms with Crippen molar-refractivity contribution in [2.24, 2.45) is 0 Å². The summed E-state index contributed by atoms with van der Waals surface area (Å²) in [5, 5.41) is 10.8. The highest BCUT2D eigenvalue weighted by molar-refractivity contribution is 5.26. The number of hydrogen-bond acceptors (Lipinski definition) is 4. The third-order valence-electron chi connectivity index (χ3n) is 2.46. The Labute approximate surface area is 155 Å². The highest BCUT2D eigenvalue weighted by Gasteiger charge is 1.90. The predicted octanol–water partition coefficient (Wildman–Crippen LogP) is 8.55. The smallest absolute Gasteiger partial charge is 0.222 e. The number of hydrogen-bond donors (Lipinski definition) is 2. The van der Waals surface area contributed by atoms with Gasteiger partial charge in [0, 0.05) is 0 Å². The molecule has 0 rings (SSSR count). The maximum absolute atomic E-state index is 8.35. The van der Waals surface area contributed by atoms with E-state index in [2.05, 4.69) is 13.8 Å². The summed E-state index contributed by atoms with van der Waals surface area (Å²) in [4.78, 5) is 16.7. The van der Waals surface area contributed by atoms with Gasteiger partial charge >= 0.3 is 0 Å². The van der Waals surface area contributed by atoms with Gasteiger partial charge in [-0.3, -0.25) is 0 Å². The normalized spacial score (nSPS) is 5.92. The molecule has 0 aromatic rings. The van der Waals surface area contributed by atoms with Gasteiger partial charge in [0.1, 0.15) is 0 Å². The lowest BCUT2D eigenvalue weighted by Crippen LogP contribution is -1.80. The molecule has 0 aliphatic carbocycles. The molecule has 154 valence electrons. The summed E-state index contributed by atoms with van der Waals surface area (Å²) in [6, 6.07) is 0. The number of isocyanates is 2. The summed E-state index contributed by atoms with van der Waals surface area (Å²) in [5.41, 5.74) is 0. The van der Waals surface area contributed by atoms with E-state index in [0.29, 0.717) is 0 Å². The fraction of sp³-hybridized carbons (Fsp3) is 0.900. The van der Waals surface area contributed by atoms with E-state index in [4.69, 9.17) is 20.4 Å². The summed E-state index contributed by atoms with van der Waals surface area (Å²) in [7, 11) is 0. The zero-order chi connectivity index (χ0) is 14.5. The minimum Gasteiger partial charge on any atom is -0.222 e. The molecule has 0 aromatic heterocycles. The van der Waals surface area contributed by atoms with Crippen LogP contribution in [0.25, 0.3) is 0 Å². The molecule has 2 N–H and O–H groups in total. The van der Waals surface area contributed by atoms with Crippen molar-refractivity contribution in [2.45, 2.75) is 123 Å². The monoisotopic (exact) mass is 352 g/mol. The molecule has 4 nitrogen and oxygen atoms in total. The van der Waals surface area contributed by atoms with Gasteiger partial charge in [-0.15, -0.1) is 0 Å². The van der Waals surface area contributed by atoms with Crippen LogP contribution < -0.4 is 0 Å². The standard InChI is InChI=1S/C12H26.2CHNO.6CH4/c1-3-5-7-9-11-12-10-8-6-4-2;2*2-1-3;;;;;;/h3-12H2,1-2H3;2*2H;6*1H4. The topological polar surface area (TPSA) is 81.8 Å². The molecular weight excluding hydrogens is 300 g/mol. The molecule has 0 spiro atoms. The Morgan fingerprint density at radius 1 is 0.500 bits per heavy atom. The van der Waals surface area contributed by atoms with Gasteiger partial charge in [0.2, 0.25) is 12.2 Å². The van der Waals surface area contributed by atoms with Gasteiger partial charge in [0.25, 0.3) is 0 Å². The average Bonchev–Trinajstić information content (AvgIpc) is 2.35. The first-order valence-electron chi connectivity index (χ1n) is 6.82. The molecule has 0 bridgehead atoms. The zero-order valence-corrected chi connectivity index (χ0v) is 11.9. The molecule has 0 heterocycles. The fourth-order valence-corrected chi connectivity index (χ4v) is 1.56. The van der Waals surface area contributed by atoms with Gasteiger partial charge in [-0.1, -0.05) is 123 Å². The van der Waals surface area contributed by atoms with Gasteiger partial charge in [-0.05, 0) is 0 Å². The Bertz CT molecular complexity index is 174. The van der Waals surface area contributed by atoms with Gasteiger partial charge in [0.15, 0.2) is 0 Å². The molecule has 0 aliphatic rings. The van der Waals surface area contributed by atoms with Crippen molar-refractivity contribution in [3.05, 3.63) is 0 Å². The third-order valence-corrected chi connectivity index (χ3v) is 2.46. The van der Waals surface area contributed by atoms with Crippen LogP contribution in [0.3, 0.4) is 0 Å². The van der Waals surface area contributed by atoms with E-state index in [1.165, 1.54) is 64.2 Å². The van der Waals surface area contributed by atoms with E-state index in [9.17, 15) is 0 Å². The Kier molecular flexibility index (Phi) is 192. The fourth-order valence-electron chi connectivity index (χ4n) is 1.56. The minimum atomic E-state index is 0. The van der Waals surface area contributed by atoms with Crippen molar-refractivity contribution in [2.75, 3.05) is 0 Å². The molecule has 0 amide bonds. The highest BCUT2D eigenvalue weighted by atomic mass is 16.1. The molecule has 0 fully saturated rings. The largest absolute Gasteiger partial charge is 0.231 e. The second-order valence-electron chi connectivity index (χ2n) is 4.03. The van der Waals surface area contributed by atoms with E-state index in [-0.39, 0.29) is 44.6 Å². The summed E-state index contributed by atoms with van der Waals surface area (Å²) in [6.45, 7) is 4.56. The molecule has 0 unspecified atom stereocenters. The Balaban J connectivity index is -0.0000000237. The van der Waals surface area contributed by atoms with Crippen LogP contribution in [-0.4, -0.2) is 12.2 Å². The highest BCUT2D eigenvalue weighted by Crippen LogP contribution is 2.09. The van der Waals surface area contributed by atoms with Crippen LogP contribution in [0.4, 0.5) is 0 Å². The Hall–Kier alpha value is -1.24. The lowest BCUT2D eigenvalue weighted by molar-refractivity contribution is 0.562. The second-order valence-corrected chi connectivity index (χ2v) is 4.03. The number of carbonyl (C=O) groups excluding carboxylic acids is 2. The Morgan fingerprint density at radius 3 is 0.750 bits per heavy atom. The second kappa shape index (κ2) is 81.0. The summed E-state index contributed by atoms with van der Waals surface area (Å²) < 4.78 is 0. The average molecular weight is 353 g/mol. The van der Waals surface area contributed by atoms with Crippen LogP contribution >= 0.6 is 0 Å². The number of unbranched alkanes of at least 4 members (excludes halogenated alkanes) is 9. The van der Waals surface area contributed by atoms with Crippen LogP contribution in [0.15, 0.2) is 0 Å². The lowest BCUT2D eigenvalue weighted by Gasteiger charge is -1.99. The van der Waals surface area contributed by atoms with Crippen molar-refractivity contribution < 1.29 is 9.59 Å².